The van der Waals surface area contributed by atoms with Crippen LogP contribution in [0, 0.1) is 5.92 Å². The second-order valence-corrected chi connectivity index (χ2v) is 4.08. The number of rotatable bonds is 6. The average Bonchev–Trinajstić information content (AvgIpc) is 2.65. The van der Waals surface area contributed by atoms with Crippen molar-refractivity contribution in [2.24, 2.45) is 5.92 Å². The monoisotopic (exact) mass is 227 g/mol. The summed E-state index contributed by atoms with van der Waals surface area (Å²) < 4.78 is 10.3. The Morgan fingerprint density at radius 2 is 2.38 bits per heavy atom. The summed E-state index contributed by atoms with van der Waals surface area (Å²) in [5.41, 5.74) is 0.480. The summed E-state index contributed by atoms with van der Waals surface area (Å²) in [7, 11) is 0. The van der Waals surface area contributed by atoms with E-state index < -0.39 is 0 Å². The lowest BCUT2D eigenvalue weighted by atomic mass is 10.0. The molecule has 4 nitrogen and oxygen atoms in total. The first-order valence-electron chi connectivity index (χ1n) is 5.82. The topological polar surface area (TPSA) is 47.6 Å². The van der Waals surface area contributed by atoms with Gasteiger partial charge in [0.25, 0.3) is 0 Å². The van der Waals surface area contributed by atoms with Gasteiger partial charge in [0.2, 0.25) is 0 Å². The van der Waals surface area contributed by atoms with Gasteiger partial charge < -0.3 is 14.8 Å². The van der Waals surface area contributed by atoms with Crippen LogP contribution in [0.3, 0.4) is 0 Å². The fourth-order valence-electron chi connectivity index (χ4n) is 1.76. The van der Waals surface area contributed by atoms with Crippen molar-refractivity contribution in [2.75, 3.05) is 26.3 Å². The molecule has 0 aliphatic carbocycles. The van der Waals surface area contributed by atoms with Gasteiger partial charge in [0.1, 0.15) is 0 Å². The maximum atomic E-state index is 11.2. The molecule has 0 bridgehead atoms. The van der Waals surface area contributed by atoms with E-state index in [4.69, 9.17) is 9.47 Å². The fraction of sp³-hybridized carbons (Fsp3) is 0.750. The minimum atomic E-state index is -0.314. The zero-order valence-corrected chi connectivity index (χ0v) is 10.1. The molecule has 0 radical (unpaired) electrons. The molecule has 1 N–H and O–H groups in total. The quantitative estimate of drug-likeness (QED) is 0.545. The van der Waals surface area contributed by atoms with Crippen molar-refractivity contribution in [2.45, 2.75) is 26.4 Å². The molecular formula is C12H21NO3. The Kier molecular flexibility index (Phi) is 5.49. The molecule has 4 heteroatoms. The molecular weight excluding hydrogens is 206 g/mol. The fourth-order valence-corrected chi connectivity index (χ4v) is 1.76. The first kappa shape index (κ1) is 13.2. The highest BCUT2D eigenvalue weighted by molar-refractivity contribution is 5.88. The van der Waals surface area contributed by atoms with Gasteiger partial charge in [0.05, 0.1) is 12.7 Å². The number of hydrogen-bond acceptors (Lipinski definition) is 4. The molecule has 2 unspecified atom stereocenters. The number of carbonyl (C=O) groups excluding carboxylic acids is 1. The van der Waals surface area contributed by atoms with Crippen molar-refractivity contribution in [1.29, 1.82) is 0 Å². The van der Waals surface area contributed by atoms with Crippen molar-refractivity contribution in [3.05, 3.63) is 12.2 Å². The molecule has 0 aromatic rings. The lowest BCUT2D eigenvalue weighted by Gasteiger charge is -2.15. The number of carbonyl (C=O) groups is 1. The summed E-state index contributed by atoms with van der Waals surface area (Å²) >= 11 is 0. The van der Waals surface area contributed by atoms with E-state index in [1.807, 2.05) is 0 Å². The van der Waals surface area contributed by atoms with E-state index in [9.17, 15) is 4.79 Å². The Morgan fingerprint density at radius 1 is 1.62 bits per heavy atom. The van der Waals surface area contributed by atoms with E-state index in [1.54, 1.807) is 6.92 Å². The Morgan fingerprint density at radius 3 is 2.94 bits per heavy atom. The van der Waals surface area contributed by atoms with Gasteiger partial charge in [0.15, 0.2) is 0 Å². The Bertz CT molecular complexity index is 253. The van der Waals surface area contributed by atoms with Crippen LogP contribution >= 0.6 is 0 Å². The highest BCUT2D eigenvalue weighted by Crippen LogP contribution is 2.19. The first-order valence-corrected chi connectivity index (χ1v) is 5.82. The molecule has 92 valence electrons. The van der Waals surface area contributed by atoms with E-state index in [0.29, 0.717) is 30.7 Å². The van der Waals surface area contributed by atoms with Crippen LogP contribution in [-0.4, -0.2) is 38.4 Å². The molecule has 2 atom stereocenters. The summed E-state index contributed by atoms with van der Waals surface area (Å²) in [5, 5.41) is 3.22. The maximum absolute atomic E-state index is 11.2. The third-order valence-corrected chi connectivity index (χ3v) is 2.84. The minimum absolute atomic E-state index is 0.309. The Hall–Kier alpha value is -0.870. The molecule has 1 saturated heterocycles. The average molecular weight is 227 g/mol. The van der Waals surface area contributed by atoms with Crippen LogP contribution in [0.1, 0.15) is 20.3 Å². The highest BCUT2D eigenvalue weighted by atomic mass is 16.5. The standard InChI is InChI=1S/C12H21NO3/c1-4-15-12(14)9(2)7-13-8-11-5-6-16-10(11)3/h10-11,13H,2,4-8H2,1,3H3. The molecule has 0 spiro atoms. The predicted molar refractivity (Wildman–Crippen MR) is 62.2 cm³/mol. The molecule has 1 aliphatic rings. The van der Waals surface area contributed by atoms with Gasteiger partial charge in [-0.3, -0.25) is 0 Å². The summed E-state index contributed by atoms with van der Waals surface area (Å²) in [5.74, 6) is 0.223. The summed E-state index contributed by atoms with van der Waals surface area (Å²) in [6.07, 6.45) is 1.39. The van der Waals surface area contributed by atoms with Crippen molar-refractivity contribution < 1.29 is 14.3 Å². The SMILES string of the molecule is C=C(CNCC1CCOC1C)C(=O)OCC. The Balaban J connectivity index is 2.15. The van der Waals surface area contributed by atoms with Crippen molar-refractivity contribution in [3.8, 4) is 0 Å². The van der Waals surface area contributed by atoms with Crippen LogP contribution in [0.2, 0.25) is 0 Å². The zero-order chi connectivity index (χ0) is 12.0. The van der Waals surface area contributed by atoms with Gasteiger partial charge in [-0.1, -0.05) is 6.58 Å². The van der Waals surface area contributed by atoms with E-state index in [2.05, 4.69) is 18.8 Å². The van der Waals surface area contributed by atoms with Crippen molar-refractivity contribution >= 4 is 5.97 Å². The first-order chi connectivity index (χ1) is 7.65. The van der Waals surface area contributed by atoms with Crippen LogP contribution in [0.4, 0.5) is 0 Å². The smallest absolute Gasteiger partial charge is 0.334 e. The number of hydrogen-bond donors (Lipinski definition) is 1. The summed E-state index contributed by atoms with van der Waals surface area (Å²) in [6.45, 7) is 10.1. The van der Waals surface area contributed by atoms with E-state index in [0.717, 1.165) is 19.6 Å². The molecule has 16 heavy (non-hydrogen) atoms. The molecule has 0 aromatic heterocycles. The molecule has 0 aromatic carbocycles. The number of ether oxygens (including phenoxy) is 2. The van der Waals surface area contributed by atoms with Crippen molar-refractivity contribution in [1.82, 2.24) is 5.32 Å². The molecule has 1 rings (SSSR count). The van der Waals surface area contributed by atoms with Crippen molar-refractivity contribution in [3.63, 3.8) is 0 Å². The predicted octanol–water partition coefficient (Wildman–Crippen LogP) is 1.12. The lowest BCUT2D eigenvalue weighted by Crippen LogP contribution is -2.30. The maximum Gasteiger partial charge on any atom is 0.334 e. The third-order valence-electron chi connectivity index (χ3n) is 2.84. The van der Waals surface area contributed by atoms with E-state index >= 15 is 0 Å². The van der Waals surface area contributed by atoms with Gasteiger partial charge >= 0.3 is 5.97 Å². The second-order valence-electron chi connectivity index (χ2n) is 4.08. The van der Waals surface area contributed by atoms with Gasteiger partial charge in [-0.25, -0.2) is 4.79 Å². The summed E-state index contributed by atoms with van der Waals surface area (Å²) in [6, 6.07) is 0. The molecule has 1 heterocycles. The van der Waals surface area contributed by atoms with Gasteiger partial charge in [-0.05, 0) is 26.2 Å². The van der Waals surface area contributed by atoms with Gasteiger partial charge in [0, 0.05) is 25.3 Å². The lowest BCUT2D eigenvalue weighted by molar-refractivity contribution is -0.138. The van der Waals surface area contributed by atoms with Crippen LogP contribution in [0.25, 0.3) is 0 Å². The zero-order valence-electron chi connectivity index (χ0n) is 10.1. The second kappa shape index (κ2) is 6.66. The minimum Gasteiger partial charge on any atom is -0.463 e. The largest absolute Gasteiger partial charge is 0.463 e. The van der Waals surface area contributed by atoms with Crippen LogP contribution in [0.5, 0.6) is 0 Å². The molecule has 1 fully saturated rings. The Labute approximate surface area is 97.0 Å². The molecule has 0 amide bonds. The number of esters is 1. The third kappa shape index (κ3) is 3.94. The van der Waals surface area contributed by atoms with Gasteiger partial charge in [-0.2, -0.15) is 0 Å². The number of nitrogens with one attached hydrogen (secondary N) is 1. The van der Waals surface area contributed by atoms with Crippen LogP contribution in [-0.2, 0) is 14.3 Å². The van der Waals surface area contributed by atoms with Gasteiger partial charge in [-0.15, -0.1) is 0 Å². The molecule has 0 saturated carbocycles. The summed E-state index contributed by atoms with van der Waals surface area (Å²) in [4.78, 5) is 11.2. The van der Waals surface area contributed by atoms with E-state index in [1.165, 1.54) is 0 Å². The highest BCUT2D eigenvalue weighted by Gasteiger charge is 2.23. The van der Waals surface area contributed by atoms with Crippen LogP contribution < -0.4 is 5.32 Å². The normalized spacial score (nSPS) is 24.4. The van der Waals surface area contributed by atoms with Crippen LogP contribution in [0.15, 0.2) is 12.2 Å². The molecule has 1 aliphatic heterocycles. The van der Waals surface area contributed by atoms with E-state index in [-0.39, 0.29) is 5.97 Å².